The molecule has 0 atom stereocenters. The van der Waals surface area contributed by atoms with Crippen LogP contribution in [0.1, 0.15) is 21.5 Å². The summed E-state index contributed by atoms with van der Waals surface area (Å²) in [7, 11) is 0. The molecule has 2 amide bonds. The number of hydrogen-bond acceptors (Lipinski definition) is 3. The molecular formula is C20H15F3N2O3. The van der Waals surface area contributed by atoms with Crippen LogP contribution < -0.4 is 10.2 Å². The molecule has 2 aromatic carbocycles. The molecule has 1 saturated heterocycles. The van der Waals surface area contributed by atoms with Crippen LogP contribution >= 0.6 is 0 Å². The highest BCUT2D eigenvalue weighted by atomic mass is 19.4. The van der Waals surface area contributed by atoms with Crippen molar-refractivity contribution in [3.8, 4) is 11.8 Å². The van der Waals surface area contributed by atoms with Crippen molar-refractivity contribution in [1.29, 1.82) is 0 Å². The van der Waals surface area contributed by atoms with Crippen molar-refractivity contribution in [3.63, 3.8) is 0 Å². The van der Waals surface area contributed by atoms with Crippen LogP contribution in [0.5, 0.6) is 0 Å². The number of nitrogens with one attached hydrogen (secondary N) is 1. The average Bonchev–Trinajstić information content (AvgIpc) is 3.11. The summed E-state index contributed by atoms with van der Waals surface area (Å²) in [6.07, 6.45) is -4.82. The van der Waals surface area contributed by atoms with E-state index in [9.17, 15) is 22.8 Å². The van der Waals surface area contributed by atoms with E-state index in [-0.39, 0.29) is 18.2 Å². The minimum atomic E-state index is -4.44. The minimum absolute atomic E-state index is 0.0417. The van der Waals surface area contributed by atoms with E-state index in [1.54, 1.807) is 24.3 Å². The third-order valence-corrected chi connectivity index (χ3v) is 3.98. The van der Waals surface area contributed by atoms with Crippen molar-refractivity contribution in [3.05, 3.63) is 65.2 Å². The Bertz CT molecular complexity index is 926. The van der Waals surface area contributed by atoms with E-state index in [0.29, 0.717) is 24.4 Å². The second-order valence-electron chi connectivity index (χ2n) is 5.87. The lowest BCUT2D eigenvalue weighted by Crippen LogP contribution is -2.23. The molecule has 0 aromatic heterocycles. The summed E-state index contributed by atoms with van der Waals surface area (Å²) >= 11 is 0. The Morgan fingerprint density at radius 1 is 1.11 bits per heavy atom. The Morgan fingerprint density at radius 3 is 2.36 bits per heavy atom. The van der Waals surface area contributed by atoms with Crippen LogP contribution in [0.2, 0.25) is 0 Å². The lowest BCUT2D eigenvalue weighted by Gasteiger charge is -2.11. The summed E-state index contributed by atoms with van der Waals surface area (Å²) in [5.74, 6) is 5.12. The van der Waals surface area contributed by atoms with Gasteiger partial charge in [-0.1, -0.05) is 11.8 Å². The number of carbonyl (C=O) groups excluding carboxylic acids is 2. The largest absolute Gasteiger partial charge is 0.447 e. The number of hydrogen-bond donors (Lipinski definition) is 1. The van der Waals surface area contributed by atoms with Crippen LogP contribution in [0.25, 0.3) is 0 Å². The first-order chi connectivity index (χ1) is 13.3. The highest BCUT2D eigenvalue weighted by Crippen LogP contribution is 2.29. The predicted octanol–water partition coefficient (Wildman–Crippen LogP) is 3.44. The maximum absolute atomic E-state index is 12.5. The molecule has 28 heavy (non-hydrogen) atoms. The van der Waals surface area contributed by atoms with Gasteiger partial charge in [-0.2, -0.15) is 13.2 Å². The molecule has 1 fully saturated rings. The van der Waals surface area contributed by atoms with Gasteiger partial charge in [0, 0.05) is 16.8 Å². The van der Waals surface area contributed by atoms with E-state index in [4.69, 9.17) is 4.74 Å². The van der Waals surface area contributed by atoms with E-state index in [1.165, 1.54) is 4.90 Å². The summed E-state index contributed by atoms with van der Waals surface area (Å²) in [5, 5.41) is 2.53. The highest BCUT2D eigenvalue weighted by molar-refractivity contribution is 5.94. The molecule has 1 heterocycles. The number of carbonyl (C=O) groups is 2. The Morgan fingerprint density at radius 2 is 1.79 bits per heavy atom. The van der Waals surface area contributed by atoms with E-state index in [1.807, 2.05) is 0 Å². The van der Waals surface area contributed by atoms with Gasteiger partial charge in [0.25, 0.3) is 5.91 Å². The summed E-state index contributed by atoms with van der Waals surface area (Å²) in [4.78, 5) is 24.9. The number of cyclic esters (lactones) is 1. The fourth-order valence-corrected chi connectivity index (χ4v) is 2.54. The lowest BCUT2D eigenvalue weighted by molar-refractivity contribution is -0.137. The maximum atomic E-state index is 12.5. The molecule has 0 saturated carbocycles. The SMILES string of the molecule is O=C(NCC#Cc1ccc(N2CCOC2=O)cc1)c1ccc(C(F)(F)F)cc1. The first-order valence-electron chi connectivity index (χ1n) is 8.33. The van der Waals surface area contributed by atoms with Gasteiger partial charge in [-0.25, -0.2) is 4.79 Å². The van der Waals surface area contributed by atoms with Crippen molar-refractivity contribution in [2.75, 3.05) is 24.6 Å². The molecule has 0 radical (unpaired) electrons. The molecule has 2 aromatic rings. The third-order valence-electron chi connectivity index (χ3n) is 3.98. The quantitative estimate of drug-likeness (QED) is 0.820. The number of anilines is 1. The molecular weight excluding hydrogens is 373 g/mol. The van der Waals surface area contributed by atoms with Gasteiger partial charge in [0.15, 0.2) is 0 Å². The summed E-state index contributed by atoms with van der Waals surface area (Å²) in [6.45, 7) is 0.902. The van der Waals surface area contributed by atoms with Crippen molar-refractivity contribution < 1.29 is 27.5 Å². The predicted molar refractivity (Wildman–Crippen MR) is 95.8 cm³/mol. The Labute approximate surface area is 159 Å². The molecule has 144 valence electrons. The van der Waals surface area contributed by atoms with Gasteiger partial charge in [0.1, 0.15) is 6.61 Å². The molecule has 0 bridgehead atoms. The van der Waals surface area contributed by atoms with Crippen molar-refractivity contribution >= 4 is 17.7 Å². The van der Waals surface area contributed by atoms with Crippen LogP contribution in [0.4, 0.5) is 23.7 Å². The molecule has 1 aliphatic rings. The van der Waals surface area contributed by atoms with Crippen LogP contribution in [0, 0.1) is 11.8 Å². The van der Waals surface area contributed by atoms with E-state index in [0.717, 1.165) is 24.3 Å². The van der Waals surface area contributed by atoms with Crippen molar-refractivity contribution in [2.24, 2.45) is 0 Å². The van der Waals surface area contributed by atoms with E-state index >= 15 is 0 Å². The zero-order chi connectivity index (χ0) is 20.1. The summed E-state index contributed by atoms with van der Waals surface area (Å²) in [6, 6.07) is 10.9. The normalized spacial score (nSPS) is 13.5. The van der Waals surface area contributed by atoms with Gasteiger partial charge < -0.3 is 10.1 Å². The van der Waals surface area contributed by atoms with Gasteiger partial charge in [-0.15, -0.1) is 0 Å². The molecule has 1 N–H and O–H groups in total. The Balaban J connectivity index is 1.53. The van der Waals surface area contributed by atoms with Gasteiger partial charge in [0.2, 0.25) is 0 Å². The van der Waals surface area contributed by atoms with Crippen molar-refractivity contribution in [1.82, 2.24) is 5.32 Å². The second kappa shape index (κ2) is 8.05. The maximum Gasteiger partial charge on any atom is 0.416 e. The molecule has 5 nitrogen and oxygen atoms in total. The molecule has 0 unspecified atom stereocenters. The standard InChI is InChI=1S/C20H15F3N2O3/c21-20(22,23)16-7-5-15(6-8-16)18(26)24-11-1-2-14-3-9-17(10-4-14)25-12-13-28-19(25)27/h3-10H,11-13H2,(H,24,26). The fraction of sp³-hybridized carbons (Fsp3) is 0.200. The molecule has 0 spiro atoms. The highest BCUT2D eigenvalue weighted by Gasteiger charge is 2.30. The number of ether oxygens (including phenoxy) is 1. The topological polar surface area (TPSA) is 58.6 Å². The first-order valence-corrected chi connectivity index (χ1v) is 8.33. The lowest BCUT2D eigenvalue weighted by atomic mass is 10.1. The summed E-state index contributed by atoms with van der Waals surface area (Å²) < 4.78 is 42.4. The average molecular weight is 388 g/mol. The number of rotatable bonds is 3. The fourth-order valence-electron chi connectivity index (χ4n) is 2.54. The number of benzene rings is 2. The van der Waals surface area contributed by atoms with E-state index in [2.05, 4.69) is 17.2 Å². The number of nitrogens with zero attached hydrogens (tertiary/aromatic N) is 1. The molecule has 8 heteroatoms. The van der Waals surface area contributed by atoms with Crippen LogP contribution in [0.3, 0.4) is 0 Å². The van der Waals surface area contributed by atoms with Gasteiger partial charge in [0.05, 0.1) is 18.7 Å². The Hall–Kier alpha value is -3.47. The summed E-state index contributed by atoms with van der Waals surface area (Å²) in [5.41, 5.74) is 0.717. The molecule has 0 aliphatic carbocycles. The second-order valence-corrected chi connectivity index (χ2v) is 5.87. The van der Waals surface area contributed by atoms with Crippen LogP contribution in [-0.4, -0.2) is 31.7 Å². The van der Waals surface area contributed by atoms with E-state index < -0.39 is 17.6 Å². The number of alkyl halides is 3. The zero-order valence-corrected chi connectivity index (χ0v) is 14.5. The Kier molecular flexibility index (Phi) is 5.54. The molecule has 1 aliphatic heterocycles. The van der Waals surface area contributed by atoms with Crippen LogP contribution in [0.15, 0.2) is 48.5 Å². The van der Waals surface area contributed by atoms with Gasteiger partial charge >= 0.3 is 12.3 Å². The first kappa shape index (κ1) is 19.3. The van der Waals surface area contributed by atoms with Crippen LogP contribution in [-0.2, 0) is 10.9 Å². The van der Waals surface area contributed by atoms with Crippen molar-refractivity contribution in [2.45, 2.75) is 6.18 Å². The number of halogens is 3. The smallest absolute Gasteiger partial charge is 0.416 e. The number of amides is 2. The van der Waals surface area contributed by atoms with Gasteiger partial charge in [-0.3, -0.25) is 9.69 Å². The molecule has 3 rings (SSSR count). The zero-order valence-electron chi connectivity index (χ0n) is 14.5. The minimum Gasteiger partial charge on any atom is -0.447 e. The third kappa shape index (κ3) is 4.62. The monoisotopic (exact) mass is 388 g/mol. The van der Waals surface area contributed by atoms with Gasteiger partial charge in [-0.05, 0) is 48.5 Å².